The molecule has 2 aromatic rings. The molecule has 2 heterocycles. The summed E-state index contributed by atoms with van der Waals surface area (Å²) in [6.07, 6.45) is 3.09. The molecule has 0 amide bonds. The zero-order chi connectivity index (χ0) is 19.3. The zero-order valence-electron chi connectivity index (χ0n) is 15.2. The van der Waals surface area contributed by atoms with E-state index in [-0.39, 0.29) is 4.90 Å². The van der Waals surface area contributed by atoms with Crippen LogP contribution in [0.2, 0.25) is 0 Å². The van der Waals surface area contributed by atoms with Crippen LogP contribution < -0.4 is 9.62 Å². The average molecular weight is 386 g/mol. The van der Waals surface area contributed by atoms with Gasteiger partial charge in [0.1, 0.15) is 11.9 Å². The number of hydrogen-bond acceptors (Lipinski definition) is 7. The molecule has 1 aromatic carbocycles. The molecule has 27 heavy (non-hydrogen) atoms. The molecule has 0 aliphatic carbocycles. The first-order valence-corrected chi connectivity index (χ1v) is 10.2. The highest BCUT2D eigenvalue weighted by molar-refractivity contribution is 7.89. The van der Waals surface area contributed by atoms with Crippen LogP contribution in [0, 0.1) is 18.3 Å². The van der Waals surface area contributed by atoms with Gasteiger partial charge < -0.3 is 4.90 Å². The van der Waals surface area contributed by atoms with Gasteiger partial charge >= 0.3 is 0 Å². The van der Waals surface area contributed by atoms with Crippen molar-refractivity contribution in [2.45, 2.75) is 11.8 Å². The molecule has 142 valence electrons. The van der Waals surface area contributed by atoms with Gasteiger partial charge in [-0.2, -0.15) is 5.26 Å². The second-order valence-electron chi connectivity index (χ2n) is 6.41. The number of rotatable bonds is 6. The van der Waals surface area contributed by atoms with E-state index in [0.29, 0.717) is 18.8 Å². The maximum Gasteiger partial charge on any atom is 0.240 e. The van der Waals surface area contributed by atoms with Gasteiger partial charge in [0.05, 0.1) is 17.3 Å². The summed E-state index contributed by atoms with van der Waals surface area (Å²) in [5, 5.41) is 8.78. The number of piperazine rings is 1. The molecular weight excluding hydrogens is 364 g/mol. The van der Waals surface area contributed by atoms with Gasteiger partial charge in [0.25, 0.3) is 0 Å². The molecule has 0 bridgehead atoms. The molecule has 0 unspecified atom stereocenters. The number of aromatic nitrogens is 2. The normalized spacial score (nSPS) is 15.5. The molecule has 1 saturated heterocycles. The van der Waals surface area contributed by atoms with E-state index in [0.717, 1.165) is 37.6 Å². The smallest absolute Gasteiger partial charge is 0.240 e. The molecule has 1 aromatic heterocycles. The highest BCUT2D eigenvalue weighted by Gasteiger charge is 2.19. The van der Waals surface area contributed by atoms with E-state index >= 15 is 0 Å². The Hall–Kier alpha value is -2.54. The van der Waals surface area contributed by atoms with Crippen molar-refractivity contribution in [3.63, 3.8) is 0 Å². The van der Waals surface area contributed by atoms with Gasteiger partial charge in [-0.15, -0.1) is 0 Å². The number of nitriles is 1. The summed E-state index contributed by atoms with van der Waals surface area (Å²) in [6.45, 7) is 6.14. The first-order chi connectivity index (χ1) is 13.0. The lowest BCUT2D eigenvalue weighted by Gasteiger charge is -2.35. The van der Waals surface area contributed by atoms with E-state index in [1.54, 1.807) is 30.5 Å². The summed E-state index contributed by atoms with van der Waals surface area (Å²) >= 11 is 0. The molecule has 3 rings (SSSR count). The molecule has 9 heteroatoms. The Morgan fingerprint density at radius 2 is 1.81 bits per heavy atom. The van der Waals surface area contributed by atoms with E-state index in [4.69, 9.17) is 5.26 Å². The highest BCUT2D eigenvalue weighted by Crippen LogP contribution is 2.12. The van der Waals surface area contributed by atoms with E-state index in [9.17, 15) is 8.42 Å². The summed E-state index contributed by atoms with van der Waals surface area (Å²) in [7, 11) is -3.47. The predicted molar refractivity (Wildman–Crippen MR) is 102 cm³/mol. The van der Waals surface area contributed by atoms with Gasteiger partial charge in [-0.1, -0.05) is 17.7 Å². The first-order valence-electron chi connectivity index (χ1n) is 8.74. The lowest BCUT2D eigenvalue weighted by molar-refractivity contribution is 0.261. The van der Waals surface area contributed by atoms with Crippen LogP contribution in [0.15, 0.2) is 41.6 Å². The van der Waals surface area contributed by atoms with Crippen molar-refractivity contribution in [2.24, 2.45) is 0 Å². The van der Waals surface area contributed by atoms with Gasteiger partial charge in [-0.3, -0.25) is 4.90 Å². The molecule has 1 N–H and O–H groups in total. The first kappa shape index (κ1) is 19.2. The fourth-order valence-corrected chi connectivity index (χ4v) is 3.90. The van der Waals surface area contributed by atoms with E-state index < -0.39 is 10.0 Å². The number of anilines is 1. The van der Waals surface area contributed by atoms with Crippen molar-refractivity contribution in [3.8, 4) is 6.07 Å². The molecule has 0 atom stereocenters. The van der Waals surface area contributed by atoms with Crippen molar-refractivity contribution < 1.29 is 8.42 Å². The Balaban J connectivity index is 1.45. The Kier molecular flexibility index (Phi) is 6.01. The van der Waals surface area contributed by atoms with E-state index in [1.165, 1.54) is 6.20 Å². The fourth-order valence-electron chi connectivity index (χ4n) is 2.88. The second kappa shape index (κ2) is 8.43. The van der Waals surface area contributed by atoms with E-state index in [2.05, 4.69) is 24.5 Å². The molecular formula is C18H22N6O2S. The molecule has 0 spiro atoms. The maximum absolute atomic E-state index is 12.3. The van der Waals surface area contributed by atoms with Crippen molar-refractivity contribution in [2.75, 3.05) is 44.2 Å². The Labute approximate surface area is 159 Å². The lowest BCUT2D eigenvalue weighted by Crippen LogP contribution is -2.48. The molecule has 1 aliphatic rings. The number of sulfonamides is 1. The third-order valence-electron chi connectivity index (χ3n) is 4.50. The number of nitrogens with one attached hydrogen (secondary N) is 1. The number of nitrogens with zero attached hydrogens (tertiary/aromatic N) is 5. The average Bonchev–Trinajstić information content (AvgIpc) is 2.69. The van der Waals surface area contributed by atoms with Gasteiger partial charge in [-0.05, 0) is 19.1 Å². The molecule has 0 saturated carbocycles. The summed E-state index contributed by atoms with van der Waals surface area (Å²) in [4.78, 5) is 12.9. The minimum Gasteiger partial charge on any atom is -0.353 e. The summed E-state index contributed by atoms with van der Waals surface area (Å²) in [6, 6.07) is 8.78. The van der Waals surface area contributed by atoms with Crippen LogP contribution in [0.4, 0.5) is 5.82 Å². The Bertz CT molecular complexity index is 898. The number of benzene rings is 1. The highest BCUT2D eigenvalue weighted by atomic mass is 32.2. The third kappa shape index (κ3) is 5.01. The Morgan fingerprint density at radius 1 is 1.11 bits per heavy atom. The maximum atomic E-state index is 12.3. The summed E-state index contributed by atoms with van der Waals surface area (Å²) in [5.41, 5.74) is 1.33. The largest absolute Gasteiger partial charge is 0.353 e. The van der Waals surface area contributed by atoms with Crippen LogP contribution in [0.25, 0.3) is 0 Å². The molecule has 0 radical (unpaired) electrons. The van der Waals surface area contributed by atoms with Crippen LogP contribution >= 0.6 is 0 Å². The predicted octanol–water partition coefficient (Wildman–Crippen LogP) is 0.757. The van der Waals surface area contributed by atoms with Crippen molar-refractivity contribution >= 4 is 15.8 Å². The fraction of sp³-hybridized carbons (Fsp3) is 0.389. The topological polar surface area (TPSA) is 102 Å². The quantitative estimate of drug-likeness (QED) is 0.782. The van der Waals surface area contributed by atoms with Gasteiger partial charge in [0.15, 0.2) is 5.69 Å². The van der Waals surface area contributed by atoms with Crippen LogP contribution in [-0.2, 0) is 10.0 Å². The van der Waals surface area contributed by atoms with Crippen molar-refractivity contribution in [1.82, 2.24) is 19.6 Å². The van der Waals surface area contributed by atoms with Crippen molar-refractivity contribution in [1.29, 1.82) is 5.26 Å². The van der Waals surface area contributed by atoms with E-state index in [1.807, 2.05) is 13.0 Å². The van der Waals surface area contributed by atoms with Gasteiger partial charge in [0.2, 0.25) is 10.0 Å². The lowest BCUT2D eigenvalue weighted by atomic mass is 10.2. The SMILES string of the molecule is Cc1ccc(S(=O)(=O)NCCN2CCN(c3cnc(C#N)cn3)CC2)cc1. The van der Waals surface area contributed by atoms with Gasteiger partial charge in [0, 0.05) is 39.3 Å². The monoisotopic (exact) mass is 386 g/mol. The minimum atomic E-state index is -3.47. The number of hydrogen-bond donors (Lipinski definition) is 1. The standard InChI is InChI=1S/C18H22N6O2S/c1-15-2-4-17(5-3-15)27(25,26)22-6-7-23-8-10-24(11-9-23)18-14-20-16(12-19)13-21-18/h2-5,13-14,22H,6-11H2,1H3. The van der Waals surface area contributed by atoms with Crippen LogP contribution in [0.1, 0.15) is 11.3 Å². The minimum absolute atomic E-state index is 0.289. The summed E-state index contributed by atoms with van der Waals surface area (Å²) < 4.78 is 27.3. The van der Waals surface area contributed by atoms with Gasteiger partial charge in [-0.25, -0.2) is 23.1 Å². The summed E-state index contributed by atoms with van der Waals surface area (Å²) in [5.74, 6) is 0.758. The number of aryl methyl sites for hydroxylation is 1. The third-order valence-corrected chi connectivity index (χ3v) is 5.98. The van der Waals surface area contributed by atoms with Crippen LogP contribution in [-0.4, -0.2) is 62.6 Å². The van der Waals surface area contributed by atoms with Crippen molar-refractivity contribution in [3.05, 3.63) is 47.9 Å². The second-order valence-corrected chi connectivity index (χ2v) is 8.18. The molecule has 1 aliphatic heterocycles. The Morgan fingerprint density at radius 3 is 2.41 bits per heavy atom. The van der Waals surface area contributed by atoms with Crippen LogP contribution in [0.3, 0.4) is 0 Å². The van der Waals surface area contributed by atoms with Crippen LogP contribution in [0.5, 0.6) is 0 Å². The molecule has 1 fully saturated rings. The zero-order valence-corrected chi connectivity index (χ0v) is 16.0. The molecule has 8 nitrogen and oxygen atoms in total.